The van der Waals surface area contributed by atoms with Crippen LogP contribution in [0.3, 0.4) is 0 Å². The Balaban J connectivity index is 4.00. The van der Waals surface area contributed by atoms with E-state index in [-0.39, 0.29) is 11.9 Å². The molecule has 0 unspecified atom stereocenters. The number of hydrogen-bond acceptors (Lipinski definition) is 2. The lowest BCUT2D eigenvalue weighted by molar-refractivity contribution is -0.129. The molecule has 2 nitrogen and oxygen atoms in total. The standard InChI is InChI=1S/C8H16ClNOS/c1-7(2)10(5-4-9)8(11)6-12-3/h7H,4-6H2,1-3H3. The third-order valence-corrected chi connectivity index (χ3v) is 2.24. The van der Waals surface area contributed by atoms with E-state index in [1.807, 2.05) is 25.0 Å². The number of alkyl halides is 1. The molecule has 0 fully saturated rings. The van der Waals surface area contributed by atoms with Gasteiger partial charge in [-0.1, -0.05) is 0 Å². The van der Waals surface area contributed by atoms with E-state index in [0.717, 1.165) is 0 Å². The molecule has 0 radical (unpaired) electrons. The quantitative estimate of drug-likeness (QED) is 0.644. The van der Waals surface area contributed by atoms with Crippen molar-refractivity contribution in [1.82, 2.24) is 4.90 Å². The topological polar surface area (TPSA) is 20.3 Å². The summed E-state index contributed by atoms with van der Waals surface area (Å²) in [5.41, 5.74) is 0. The lowest BCUT2D eigenvalue weighted by Gasteiger charge is -2.25. The van der Waals surface area contributed by atoms with Crippen LogP contribution in [0.5, 0.6) is 0 Å². The van der Waals surface area contributed by atoms with Crippen LogP contribution in [0.15, 0.2) is 0 Å². The lowest BCUT2D eigenvalue weighted by atomic mass is 10.3. The maximum absolute atomic E-state index is 11.4. The fraction of sp³-hybridized carbons (Fsp3) is 0.875. The molecule has 0 aromatic carbocycles. The molecule has 0 saturated carbocycles. The summed E-state index contributed by atoms with van der Waals surface area (Å²) >= 11 is 7.13. The summed E-state index contributed by atoms with van der Waals surface area (Å²) in [4.78, 5) is 13.2. The Morgan fingerprint density at radius 2 is 2.17 bits per heavy atom. The van der Waals surface area contributed by atoms with E-state index in [4.69, 9.17) is 11.6 Å². The largest absolute Gasteiger partial charge is 0.338 e. The van der Waals surface area contributed by atoms with Gasteiger partial charge in [0.15, 0.2) is 0 Å². The maximum atomic E-state index is 11.4. The summed E-state index contributed by atoms with van der Waals surface area (Å²) in [7, 11) is 0. The summed E-state index contributed by atoms with van der Waals surface area (Å²) in [6.45, 7) is 4.66. The van der Waals surface area contributed by atoms with Crippen LogP contribution in [0.1, 0.15) is 13.8 Å². The van der Waals surface area contributed by atoms with Crippen molar-refractivity contribution in [3.05, 3.63) is 0 Å². The van der Waals surface area contributed by atoms with Gasteiger partial charge in [0.25, 0.3) is 0 Å². The van der Waals surface area contributed by atoms with Crippen LogP contribution >= 0.6 is 23.4 Å². The highest BCUT2D eigenvalue weighted by Crippen LogP contribution is 2.03. The number of thioether (sulfide) groups is 1. The minimum absolute atomic E-state index is 0.179. The van der Waals surface area contributed by atoms with Gasteiger partial charge in [-0.05, 0) is 20.1 Å². The van der Waals surface area contributed by atoms with Crippen molar-refractivity contribution in [2.24, 2.45) is 0 Å². The Labute approximate surface area is 83.6 Å². The van der Waals surface area contributed by atoms with Crippen molar-refractivity contribution >= 4 is 29.3 Å². The van der Waals surface area contributed by atoms with Gasteiger partial charge >= 0.3 is 0 Å². The number of rotatable bonds is 5. The molecule has 0 bridgehead atoms. The Hall–Kier alpha value is 0.110. The van der Waals surface area contributed by atoms with Crippen LogP contribution in [0.2, 0.25) is 0 Å². The number of nitrogens with zero attached hydrogens (tertiary/aromatic N) is 1. The van der Waals surface area contributed by atoms with Gasteiger partial charge in [0.05, 0.1) is 5.75 Å². The van der Waals surface area contributed by atoms with E-state index >= 15 is 0 Å². The molecule has 0 heterocycles. The molecular weight excluding hydrogens is 194 g/mol. The van der Waals surface area contributed by atoms with Crippen molar-refractivity contribution in [1.29, 1.82) is 0 Å². The summed E-state index contributed by atoms with van der Waals surface area (Å²) in [5, 5.41) is 0. The number of hydrogen-bond donors (Lipinski definition) is 0. The first kappa shape index (κ1) is 12.1. The Morgan fingerprint density at radius 3 is 2.50 bits per heavy atom. The number of amides is 1. The predicted octanol–water partition coefficient (Wildman–Crippen LogP) is 1.83. The number of carbonyl (C=O) groups excluding carboxylic acids is 1. The average molecular weight is 210 g/mol. The first-order chi connectivity index (χ1) is 5.63. The van der Waals surface area contributed by atoms with Gasteiger partial charge in [-0.2, -0.15) is 11.8 Å². The molecule has 4 heteroatoms. The van der Waals surface area contributed by atoms with Crippen molar-refractivity contribution in [3.63, 3.8) is 0 Å². The van der Waals surface area contributed by atoms with Crippen molar-refractivity contribution in [2.75, 3.05) is 24.4 Å². The zero-order chi connectivity index (χ0) is 9.56. The van der Waals surface area contributed by atoms with Crippen LogP contribution in [0.4, 0.5) is 0 Å². The highest BCUT2D eigenvalue weighted by Gasteiger charge is 2.14. The highest BCUT2D eigenvalue weighted by molar-refractivity contribution is 7.99. The van der Waals surface area contributed by atoms with Crippen molar-refractivity contribution in [2.45, 2.75) is 19.9 Å². The average Bonchev–Trinajstić information content (AvgIpc) is 1.99. The van der Waals surface area contributed by atoms with Gasteiger partial charge in [0, 0.05) is 18.5 Å². The number of halogens is 1. The van der Waals surface area contributed by atoms with Gasteiger partial charge in [-0.3, -0.25) is 4.79 Å². The van der Waals surface area contributed by atoms with Gasteiger partial charge < -0.3 is 4.90 Å². The molecule has 0 aliphatic heterocycles. The second kappa shape index (κ2) is 6.61. The molecule has 72 valence electrons. The molecule has 0 aromatic heterocycles. The SMILES string of the molecule is CSCC(=O)N(CCCl)C(C)C. The predicted molar refractivity (Wildman–Crippen MR) is 56.0 cm³/mol. The minimum atomic E-state index is 0.179. The van der Waals surface area contributed by atoms with E-state index in [0.29, 0.717) is 18.2 Å². The van der Waals surface area contributed by atoms with Gasteiger partial charge in [0.1, 0.15) is 0 Å². The van der Waals surface area contributed by atoms with E-state index in [1.165, 1.54) is 0 Å². The molecular formula is C8H16ClNOS. The van der Waals surface area contributed by atoms with E-state index in [2.05, 4.69) is 0 Å². The second-order valence-electron chi connectivity index (χ2n) is 2.80. The Morgan fingerprint density at radius 1 is 1.58 bits per heavy atom. The first-order valence-corrected chi connectivity index (χ1v) is 5.90. The highest BCUT2D eigenvalue weighted by atomic mass is 35.5. The monoisotopic (exact) mass is 209 g/mol. The molecule has 0 aliphatic carbocycles. The molecule has 0 saturated heterocycles. The maximum Gasteiger partial charge on any atom is 0.232 e. The smallest absolute Gasteiger partial charge is 0.232 e. The zero-order valence-electron chi connectivity index (χ0n) is 7.84. The van der Waals surface area contributed by atoms with Gasteiger partial charge in [0.2, 0.25) is 5.91 Å². The molecule has 0 spiro atoms. The summed E-state index contributed by atoms with van der Waals surface area (Å²) < 4.78 is 0. The first-order valence-electron chi connectivity index (χ1n) is 3.97. The summed E-state index contributed by atoms with van der Waals surface area (Å²) in [6.07, 6.45) is 1.93. The molecule has 1 amide bonds. The third-order valence-electron chi connectivity index (χ3n) is 1.54. The Kier molecular flexibility index (Phi) is 6.67. The normalized spacial score (nSPS) is 10.4. The number of carbonyl (C=O) groups is 1. The molecule has 0 rings (SSSR count). The third kappa shape index (κ3) is 4.21. The fourth-order valence-electron chi connectivity index (χ4n) is 0.968. The van der Waals surface area contributed by atoms with Crippen LogP contribution in [0.25, 0.3) is 0 Å². The Bertz CT molecular complexity index is 141. The van der Waals surface area contributed by atoms with Crippen LogP contribution in [-0.2, 0) is 4.79 Å². The van der Waals surface area contributed by atoms with Crippen molar-refractivity contribution < 1.29 is 4.79 Å². The van der Waals surface area contributed by atoms with E-state index < -0.39 is 0 Å². The lowest BCUT2D eigenvalue weighted by Crippen LogP contribution is -2.39. The minimum Gasteiger partial charge on any atom is -0.338 e. The second-order valence-corrected chi connectivity index (χ2v) is 4.05. The molecule has 0 atom stereocenters. The molecule has 0 aliphatic rings. The zero-order valence-corrected chi connectivity index (χ0v) is 9.41. The van der Waals surface area contributed by atoms with E-state index in [9.17, 15) is 4.79 Å². The molecule has 0 aromatic rings. The van der Waals surface area contributed by atoms with Crippen LogP contribution in [0, 0.1) is 0 Å². The molecule has 12 heavy (non-hydrogen) atoms. The fourth-order valence-corrected chi connectivity index (χ4v) is 1.56. The summed E-state index contributed by atoms with van der Waals surface area (Å²) in [6, 6.07) is 0.253. The van der Waals surface area contributed by atoms with Crippen molar-refractivity contribution in [3.8, 4) is 0 Å². The van der Waals surface area contributed by atoms with Gasteiger partial charge in [-0.25, -0.2) is 0 Å². The summed E-state index contributed by atoms with van der Waals surface area (Å²) in [5.74, 6) is 1.24. The van der Waals surface area contributed by atoms with Crippen LogP contribution in [-0.4, -0.2) is 41.3 Å². The van der Waals surface area contributed by atoms with Crippen LogP contribution < -0.4 is 0 Å². The van der Waals surface area contributed by atoms with E-state index in [1.54, 1.807) is 11.8 Å². The van der Waals surface area contributed by atoms with Gasteiger partial charge in [-0.15, -0.1) is 11.6 Å². The molecule has 0 N–H and O–H groups in total.